The summed E-state index contributed by atoms with van der Waals surface area (Å²) < 4.78 is 59.9. The van der Waals surface area contributed by atoms with Crippen LogP contribution in [0.4, 0.5) is 14.5 Å². The van der Waals surface area contributed by atoms with E-state index in [9.17, 15) is 26.8 Å². The summed E-state index contributed by atoms with van der Waals surface area (Å²) in [4.78, 5) is 27.6. The van der Waals surface area contributed by atoms with Crippen molar-refractivity contribution in [1.29, 1.82) is 0 Å². The summed E-state index contributed by atoms with van der Waals surface area (Å²) in [5, 5.41) is 2.86. The molecular weight excluding hydrogens is 576 g/mol. The Bertz CT molecular complexity index is 1620. The molecular formula is C32H31F2N3O5S. The predicted octanol–water partition coefficient (Wildman–Crippen LogP) is 4.92. The minimum Gasteiger partial charge on any atom is -0.484 e. The number of carbonyl (C=O) groups is 2. The highest BCUT2D eigenvalue weighted by atomic mass is 32.2. The summed E-state index contributed by atoms with van der Waals surface area (Å²) in [5.41, 5.74) is 1.89. The molecule has 224 valence electrons. The van der Waals surface area contributed by atoms with Crippen LogP contribution in [0.15, 0.2) is 108 Å². The second-order valence-electron chi connectivity index (χ2n) is 9.72. The number of carbonyl (C=O) groups excluding carboxylic acids is 2. The molecule has 0 aromatic heterocycles. The number of hydrogen-bond donors (Lipinski definition) is 2. The van der Waals surface area contributed by atoms with Gasteiger partial charge in [-0.15, -0.1) is 0 Å². The number of amides is 2. The standard InChI is InChI=1S/C32H31F2N3O5S/c1-23(32(39)35-20-19-24-5-3-2-4-6-24)37(21-25-7-9-26(33)10-8-25)31(38)22-42-29-15-17-30(18-16-29)43(40,41)36-28-13-11-27(34)12-14-28/h2-18,23,36H,19-22H2,1H3,(H,35,39)/t23-/m0/s1. The molecule has 0 fully saturated rings. The molecule has 0 aliphatic heterocycles. The second kappa shape index (κ2) is 14.4. The summed E-state index contributed by atoms with van der Waals surface area (Å²) in [7, 11) is -3.95. The molecule has 2 amide bonds. The lowest BCUT2D eigenvalue weighted by Crippen LogP contribution is -2.49. The minimum absolute atomic E-state index is 0.0436. The van der Waals surface area contributed by atoms with Crippen molar-refractivity contribution in [3.05, 3.63) is 126 Å². The number of sulfonamides is 1. The van der Waals surface area contributed by atoms with Crippen LogP contribution in [-0.4, -0.2) is 44.3 Å². The Morgan fingerprint density at radius 1 is 0.814 bits per heavy atom. The van der Waals surface area contributed by atoms with Gasteiger partial charge in [-0.3, -0.25) is 14.3 Å². The van der Waals surface area contributed by atoms with E-state index in [0.29, 0.717) is 18.5 Å². The van der Waals surface area contributed by atoms with Crippen LogP contribution in [0, 0.1) is 11.6 Å². The average Bonchev–Trinajstić information content (AvgIpc) is 3.01. The van der Waals surface area contributed by atoms with E-state index in [-0.39, 0.29) is 28.8 Å². The molecule has 2 N–H and O–H groups in total. The van der Waals surface area contributed by atoms with Gasteiger partial charge in [0.25, 0.3) is 15.9 Å². The highest BCUT2D eigenvalue weighted by Gasteiger charge is 2.26. The van der Waals surface area contributed by atoms with E-state index in [2.05, 4.69) is 10.0 Å². The Hall–Kier alpha value is -4.77. The van der Waals surface area contributed by atoms with Gasteiger partial charge in [0.15, 0.2) is 6.61 Å². The normalized spacial score (nSPS) is 11.8. The molecule has 0 bridgehead atoms. The highest BCUT2D eigenvalue weighted by molar-refractivity contribution is 7.92. The molecule has 43 heavy (non-hydrogen) atoms. The van der Waals surface area contributed by atoms with E-state index >= 15 is 0 Å². The fourth-order valence-corrected chi connectivity index (χ4v) is 5.23. The summed E-state index contributed by atoms with van der Waals surface area (Å²) in [6.07, 6.45) is 0.624. The highest BCUT2D eigenvalue weighted by Crippen LogP contribution is 2.20. The van der Waals surface area contributed by atoms with E-state index in [0.717, 1.165) is 17.7 Å². The lowest BCUT2D eigenvalue weighted by molar-refractivity contribution is -0.142. The first-order chi connectivity index (χ1) is 20.6. The van der Waals surface area contributed by atoms with Gasteiger partial charge < -0.3 is 15.0 Å². The van der Waals surface area contributed by atoms with Crippen LogP contribution in [0.3, 0.4) is 0 Å². The molecule has 0 radical (unpaired) electrons. The average molecular weight is 608 g/mol. The fourth-order valence-electron chi connectivity index (χ4n) is 4.17. The number of rotatable bonds is 13. The molecule has 0 saturated heterocycles. The zero-order valence-corrected chi connectivity index (χ0v) is 24.2. The molecule has 0 aliphatic rings. The third-order valence-corrected chi connectivity index (χ3v) is 7.98. The lowest BCUT2D eigenvalue weighted by Gasteiger charge is -2.28. The SMILES string of the molecule is C[C@@H](C(=O)NCCc1ccccc1)N(Cc1ccc(F)cc1)C(=O)COc1ccc(S(=O)(=O)Nc2ccc(F)cc2)cc1. The van der Waals surface area contributed by atoms with Gasteiger partial charge in [0.05, 0.1) is 4.90 Å². The second-order valence-corrected chi connectivity index (χ2v) is 11.4. The van der Waals surface area contributed by atoms with Crippen molar-refractivity contribution in [3.8, 4) is 5.75 Å². The number of ether oxygens (including phenoxy) is 1. The molecule has 4 aromatic carbocycles. The minimum atomic E-state index is -3.95. The monoisotopic (exact) mass is 607 g/mol. The quantitative estimate of drug-likeness (QED) is 0.225. The van der Waals surface area contributed by atoms with Gasteiger partial charge in [0, 0.05) is 18.8 Å². The van der Waals surface area contributed by atoms with Crippen LogP contribution in [0.5, 0.6) is 5.75 Å². The van der Waals surface area contributed by atoms with Crippen LogP contribution < -0.4 is 14.8 Å². The van der Waals surface area contributed by atoms with Crippen molar-refractivity contribution < 1.29 is 31.5 Å². The summed E-state index contributed by atoms with van der Waals surface area (Å²) in [5.74, 6) is -1.53. The van der Waals surface area contributed by atoms with Gasteiger partial charge in [-0.1, -0.05) is 42.5 Å². The summed E-state index contributed by atoms with van der Waals surface area (Å²) >= 11 is 0. The number of benzene rings is 4. The van der Waals surface area contributed by atoms with Crippen LogP contribution in [-0.2, 0) is 32.6 Å². The van der Waals surface area contributed by atoms with Gasteiger partial charge in [0.1, 0.15) is 23.4 Å². The van der Waals surface area contributed by atoms with Gasteiger partial charge in [-0.2, -0.15) is 0 Å². The van der Waals surface area contributed by atoms with Gasteiger partial charge in [-0.25, -0.2) is 17.2 Å². The van der Waals surface area contributed by atoms with E-state index in [1.54, 1.807) is 6.92 Å². The van der Waals surface area contributed by atoms with Crippen molar-refractivity contribution in [3.63, 3.8) is 0 Å². The smallest absolute Gasteiger partial charge is 0.261 e. The Morgan fingerprint density at radius 2 is 1.42 bits per heavy atom. The van der Waals surface area contributed by atoms with Crippen molar-refractivity contribution in [1.82, 2.24) is 10.2 Å². The molecule has 11 heteroatoms. The lowest BCUT2D eigenvalue weighted by atomic mass is 10.1. The Balaban J connectivity index is 1.39. The molecule has 8 nitrogen and oxygen atoms in total. The third kappa shape index (κ3) is 9.11. The van der Waals surface area contributed by atoms with E-state index in [4.69, 9.17) is 4.74 Å². The molecule has 0 unspecified atom stereocenters. The molecule has 0 spiro atoms. The van der Waals surface area contributed by atoms with Crippen LogP contribution in [0.2, 0.25) is 0 Å². The van der Waals surface area contributed by atoms with Crippen LogP contribution in [0.1, 0.15) is 18.1 Å². The van der Waals surface area contributed by atoms with Crippen molar-refractivity contribution >= 4 is 27.5 Å². The zero-order valence-electron chi connectivity index (χ0n) is 23.4. The first kappa shape index (κ1) is 31.2. The molecule has 0 aliphatic carbocycles. The van der Waals surface area contributed by atoms with Crippen molar-refractivity contribution in [2.75, 3.05) is 17.9 Å². The number of anilines is 1. The summed E-state index contributed by atoms with van der Waals surface area (Å²) in [6.45, 7) is 1.60. The fraction of sp³-hybridized carbons (Fsp3) is 0.188. The first-order valence-electron chi connectivity index (χ1n) is 13.5. The largest absolute Gasteiger partial charge is 0.484 e. The number of nitrogens with one attached hydrogen (secondary N) is 2. The first-order valence-corrected chi connectivity index (χ1v) is 15.0. The zero-order chi connectivity index (χ0) is 30.8. The molecule has 4 rings (SSSR count). The maximum absolute atomic E-state index is 13.5. The van der Waals surface area contributed by atoms with Gasteiger partial charge >= 0.3 is 0 Å². The van der Waals surface area contributed by atoms with Crippen molar-refractivity contribution in [2.45, 2.75) is 30.8 Å². The predicted molar refractivity (Wildman–Crippen MR) is 159 cm³/mol. The van der Waals surface area contributed by atoms with E-state index in [1.165, 1.54) is 65.6 Å². The van der Waals surface area contributed by atoms with E-state index < -0.39 is 40.2 Å². The Labute approximate surface area is 249 Å². The van der Waals surface area contributed by atoms with Crippen LogP contribution in [0.25, 0.3) is 0 Å². The molecule has 0 heterocycles. The maximum Gasteiger partial charge on any atom is 0.261 e. The Kier molecular flexibility index (Phi) is 10.4. The molecule has 4 aromatic rings. The molecule has 0 saturated carbocycles. The Morgan fingerprint density at radius 3 is 2.05 bits per heavy atom. The van der Waals surface area contributed by atoms with Gasteiger partial charge in [-0.05, 0) is 85.1 Å². The number of halogens is 2. The number of hydrogen-bond acceptors (Lipinski definition) is 5. The number of nitrogens with zero attached hydrogens (tertiary/aromatic N) is 1. The van der Waals surface area contributed by atoms with Crippen molar-refractivity contribution in [2.24, 2.45) is 0 Å². The summed E-state index contributed by atoms with van der Waals surface area (Å²) in [6, 6.07) is 24.7. The van der Waals surface area contributed by atoms with Crippen LogP contribution >= 0.6 is 0 Å². The maximum atomic E-state index is 13.5. The van der Waals surface area contributed by atoms with Gasteiger partial charge in [0.2, 0.25) is 5.91 Å². The van der Waals surface area contributed by atoms with E-state index in [1.807, 2.05) is 30.3 Å². The topological polar surface area (TPSA) is 105 Å². The molecule has 1 atom stereocenters. The third-order valence-electron chi connectivity index (χ3n) is 6.58.